The largest absolute Gasteiger partial charge is 0.444 e. The normalized spacial score (nSPS) is 12.6. The van der Waals surface area contributed by atoms with Gasteiger partial charge in [-0.1, -0.05) is 32.9 Å². The molecule has 1 heterocycles. The fourth-order valence-electron chi connectivity index (χ4n) is 3.02. The number of alkyl carbamates (subject to hydrolysis) is 1. The zero-order valence-electron chi connectivity index (χ0n) is 19.4. The Hall–Kier alpha value is -2.25. The van der Waals surface area contributed by atoms with E-state index in [0.717, 1.165) is 42.7 Å². The average molecular weight is 410 g/mol. The molecule has 0 spiro atoms. The first-order valence-corrected chi connectivity index (χ1v) is 10.6. The number of hydrogen-bond acceptors (Lipinski definition) is 5. The number of nitrogens with one attached hydrogen (secondary N) is 3. The summed E-state index contributed by atoms with van der Waals surface area (Å²) in [5, 5.41) is 13.9. The molecular weight excluding hydrogens is 370 g/mol. The van der Waals surface area contributed by atoms with Crippen LogP contribution in [-0.2, 0) is 24.1 Å². The minimum Gasteiger partial charge on any atom is -0.444 e. The number of hydrogen-bond donors (Lipinski definition) is 3. The summed E-state index contributed by atoms with van der Waals surface area (Å²) in [7, 11) is 1.73. The van der Waals surface area contributed by atoms with Gasteiger partial charge in [0.15, 0.2) is 5.96 Å². The minimum absolute atomic E-state index is 0.407. The van der Waals surface area contributed by atoms with Crippen LogP contribution in [0.2, 0.25) is 0 Å². The van der Waals surface area contributed by atoms with Gasteiger partial charge in [0.25, 0.3) is 0 Å². The Morgan fingerprint density at radius 3 is 2.24 bits per heavy atom. The summed E-state index contributed by atoms with van der Waals surface area (Å²) >= 11 is 0. The Morgan fingerprint density at radius 2 is 1.76 bits per heavy atom. The molecule has 0 unspecified atom stereocenters. The summed E-state index contributed by atoms with van der Waals surface area (Å²) in [6.45, 7) is 14.9. The van der Waals surface area contributed by atoms with E-state index < -0.39 is 17.2 Å². The van der Waals surface area contributed by atoms with Crippen LogP contribution in [0.1, 0.15) is 78.3 Å². The van der Waals surface area contributed by atoms with Crippen molar-refractivity contribution in [3.8, 4) is 0 Å². The maximum atomic E-state index is 12.3. The van der Waals surface area contributed by atoms with Gasteiger partial charge in [-0.25, -0.2) is 4.79 Å². The van der Waals surface area contributed by atoms with Gasteiger partial charge in [0.05, 0.1) is 11.2 Å². The van der Waals surface area contributed by atoms with Crippen LogP contribution in [0.5, 0.6) is 0 Å². The number of carbonyl (C=O) groups excluding carboxylic acids is 1. The van der Waals surface area contributed by atoms with Gasteiger partial charge in [-0.05, 0) is 40.0 Å². The van der Waals surface area contributed by atoms with E-state index in [2.05, 4.69) is 53.8 Å². The molecule has 0 saturated heterocycles. The zero-order valence-corrected chi connectivity index (χ0v) is 19.4. The van der Waals surface area contributed by atoms with Crippen molar-refractivity contribution < 1.29 is 14.1 Å². The second-order valence-corrected chi connectivity index (χ2v) is 8.13. The third-order valence-corrected chi connectivity index (χ3v) is 4.98. The summed E-state index contributed by atoms with van der Waals surface area (Å²) in [6.07, 6.45) is 2.73. The monoisotopic (exact) mass is 409 g/mol. The lowest BCUT2D eigenvalue weighted by atomic mass is 9.93. The quantitative estimate of drug-likeness (QED) is 0.426. The Kier molecular flexibility index (Phi) is 9.46. The molecule has 1 aromatic heterocycles. The van der Waals surface area contributed by atoms with Crippen LogP contribution in [0.3, 0.4) is 0 Å². The lowest BCUT2D eigenvalue weighted by molar-refractivity contribution is 0.0448. The molecule has 8 nitrogen and oxygen atoms in total. The van der Waals surface area contributed by atoms with Crippen LogP contribution < -0.4 is 16.0 Å². The van der Waals surface area contributed by atoms with Gasteiger partial charge in [-0.3, -0.25) is 4.99 Å². The highest BCUT2D eigenvalue weighted by Gasteiger charge is 2.30. The van der Waals surface area contributed by atoms with Crippen molar-refractivity contribution in [1.82, 2.24) is 21.1 Å². The first kappa shape index (κ1) is 24.8. The van der Waals surface area contributed by atoms with Gasteiger partial charge in [0, 0.05) is 32.1 Å². The smallest absolute Gasteiger partial charge is 0.408 e. The van der Waals surface area contributed by atoms with Crippen LogP contribution in [0, 0.1) is 0 Å². The molecule has 0 aliphatic rings. The van der Waals surface area contributed by atoms with Crippen molar-refractivity contribution >= 4 is 12.1 Å². The third-order valence-electron chi connectivity index (χ3n) is 4.98. The topological polar surface area (TPSA) is 101 Å². The second kappa shape index (κ2) is 11.1. The molecule has 0 saturated carbocycles. The maximum Gasteiger partial charge on any atom is 0.408 e. The fraction of sp³-hybridized carbons (Fsp3) is 0.762. The summed E-state index contributed by atoms with van der Waals surface area (Å²) in [5.41, 5.74) is 1.09. The standard InChI is InChI=1S/C21H39N5O3/c1-9-16-15(17(10-2)29-26-16)13-23-18(22-8)24-14-21(11-3,12-4)25-19(27)28-20(5,6)7/h9-14H2,1-8H3,(H,25,27)(H2,22,23,24). The number of amides is 1. The Balaban J connectivity index is 2.75. The lowest BCUT2D eigenvalue weighted by Gasteiger charge is -2.34. The van der Waals surface area contributed by atoms with E-state index in [1.165, 1.54) is 0 Å². The summed E-state index contributed by atoms with van der Waals surface area (Å²) in [5.74, 6) is 1.56. The van der Waals surface area contributed by atoms with E-state index in [1.807, 2.05) is 20.8 Å². The third kappa shape index (κ3) is 7.59. The highest BCUT2D eigenvalue weighted by molar-refractivity contribution is 5.80. The first-order chi connectivity index (χ1) is 13.6. The predicted octanol–water partition coefficient (Wildman–Crippen LogP) is 3.55. The molecule has 1 amide bonds. The Labute approximate surface area is 175 Å². The SMILES string of the molecule is CCc1noc(CC)c1CNC(=NC)NCC(CC)(CC)NC(=O)OC(C)(C)C. The van der Waals surface area contributed by atoms with Gasteiger partial charge in [0.2, 0.25) is 0 Å². The molecule has 0 bridgehead atoms. The molecule has 1 rings (SSSR count). The number of aryl methyl sites for hydroxylation is 2. The van der Waals surface area contributed by atoms with E-state index in [4.69, 9.17) is 9.26 Å². The van der Waals surface area contributed by atoms with E-state index in [1.54, 1.807) is 7.05 Å². The van der Waals surface area contributed by atoms with Crippen molar-refractivity contribution in [3.63, 3.8) is 0 Å². The highest BCUT2D eigenvalue weighted by Crippen LogP contribution is 2.17. The van der Waals surface area contributed by atoms with Crippen LogP contribution in [0.25, 0.3) is 0 Å². The van der Waals surface area contributed by atoms with Gasteiger partial charge in [-0.15, -0.1) is 0 Å². The zero-order chi connectivity index (χ0) is 22.1. The molecule has 8 heteroatoms. The number of guanidine groups is 1. The van der Waals surface area contributed by atoms with Crippen LogP contribution in [0.15, 0.2) is 9.52 Å². The Morgan fingerprint density at radius 1 is 1.10 bits per heavy atom. The molecule has 0 aliphatic heterocycles. The number of nitrogens with zero attached hydrogens (tertiary/aromatic N) is 2. The predicted molar refractivity (Wildman–Crippen MR) is 116 cm³/mol. The highest BCUT2D eigenvalue weighted by atomic mass is 16.6. The minimum atomic E-state index is -0.533. The number of carbonyl (C=O) groups is 1. The van der Waals surface area contributed by atoms with Crippen LogP contribution >= 0.6 is 0 Å². The van der Waals surface area contributed by atoms with Gasteiger partial charge < -0.3 is 25.2 Å². The van der Waals surface area contributed by atoms with Gasteiger partial charge in [0.1, 0.15) is 11.4 Å². The van der Waals surface area contributed by atoms with E-state index in [0.29, 0.717) is 19.0 Å². The summed E-state index contributed by atoms with van der Waals surface area (Å²) in [6, 6.07) is 0. The number of rotatable bonds is 9. The first-order valence-electron chi connectivity index (χ1n) is 10.6. The van der Waals surface area contributed by atoms with Crippen molar-refractivity contribution in [3.05, 3.63) is 17.0 Å². The molecule has 29 heavy (non-hydrogen) atoms. The molecular formula is C21H39N5O3. The van der Waals surface area contributed by atoms with Crippen molar-refractivity contribution in [2.75, 3.05) is 13.6 Å². The van der Waals surface area contributed by atoms with E-state index in [-0.39, 0.29) is 0 Å². The number of aromatic nitrogens is 1. The van der Waals surface area contributed by atoms with Gasteiger partial charge >= 0.3 is 6.09 Å². The van der Waals surface area contributed by atoms with E-state index >= 15 is 0 Å². The molecule has 0 aliphatic carbocycles. The summed E-state index contributed by atoms with van der Waals surface area (Å²) in [4.78, 5) is 16.6. The maximum absolute atomic E-state index is 12.3. The number of ether oxygens (including phenoxy) is 1. The Bertz CT molecular complexity index is 651. The van der Waals surface area contributed by atoms with Crippen LogP contribution in [0.4, 0.5) is 4.79 Å². The van der Waals surface area contributed by atoms with Crippen molar-refractivity contribution in [2.45, 2.75) is 91.8 Å². The molecule has 0 radical (unpaired) electrons. The molecule has 0 aromatic carbocycles. The van der Waals surface area contributed by atoms with Crippen molar-refractivity contribution in [2.24, 2.45) is 4.99 Å². The van der Waals surface area contributed by atoms with E-state index in [9.17, 15) is 4.79 Å². The van der Waals surface area contributed by atoms with Crippen molar-refractivity contribution in [1.29, 1.82) is 0 Å². The fourth-order valence-corrected chi connectivity index (χ4v) is 3.02. The number of aliphatic imine (C=N–C) groups is 1. The lowest BCUT2D eigenvalue weighted by Crippen LogP contribution is -2.57. The summed E-state index contributed by atoms with van der Waals surface area (Å²) < 4.78 is 10.9. The molecule has 0 fully saturated rings. The van der Waals surface area contributed by atoms with Gasteiger partial charge in [-0.2, -0.15) is 0 Å². The molecule has 3 N–H and O–H groups in total. The molecule has 1 aromatic rings. The molecule has 166 valence electrons. The molecule has 0 atom stereocenters. The second-order valence-electron chi connectivity index (χ2n) is 8.13. The average Bonchev–Trinajstić information content (AvgIpc) is 3.07. The van der Waals surface area contributed by atoms with Crippen LogP contribution in [-0.4, -0.2) is 41.9 Å².